The van der Waals surface area contributed by atoms with E-state index < -0.39 is 24.4 Å². The van der Waals surface area contributed by atoms with Crippen molar-refractivity contribution in [3.63, 3.8) is 0 Å². The van der Waals surface area contributed by atoms with Crippen LogP contribution in [0.2, 0.25) is 0 Å². The maximum atomic E-state index is 11.5. The monoisotopic (exact) mass is 325 g/mol. The molecule has 1 amide bonds. The molecule has 4 atom stereocenters. The van der Waals surface area contributed by atoms with Crippen LogP contribution in [0.15, 0.2) is 24.3 Å². The van der Waals surface area contributed by atoms with Gasteiger partial charge in [0.05, 0.1) is 32.5 Å². The van der Waals surface area contributed by atoms with Crippen LogP contribution in [0.5, 0.6) is 5.75 Å². The largest absolute Gasteiger partial charge is 0.497 e. The molecule has 0 aromatic heterocycles. The molecule has 3 N–H and O–H groups in total. The lowest BCUT2D eigenvalue weighted by atomic mass is 10.1. The molecule has 1 aromatic carbocycles. The van der Waals surface area contributed by atoms with Gasteiger partial charge in [0.1, 0.15) is 18.0 Å². The maximum absolute atomic E-state index is 11.5. The highest BCUT2D eigenvalue weighted by atomic mass is 16.5. The van der Waals surface area contributed by atoms with Gasteiger partial charge in [0.25, 0.3) is 0 Å². The summed E-state index contributed by atoms with van der Waals surface area (Å²) in [6.45, 7) is 1.58. The first-order chi connectivity index (χ1) is 10.9. The molecule has 1 aromatic rings. The lowest BCUT2D eigenvalue weighted by Gasteiger charge is -2.29. The minimum Gasteiger partial charge on any atom is -0.497 e. The average molecular weight is 325 g/mol. The second kappa shape index (κ2) is 7.74. The van der Waals surface area contributed by atoms with Crippen molar-refractivity contribution in [3.05, 3.63) is 29.8 Å². The van der Waals surface area contributed by atoms with Crippen molar-refractivity contribution in [2.24, 2.45) is 0 Å². The number of likely N-dealkylation sites (tertiary alicyclic amines) is 1. The predicted molar refractivity (Wildman–Crippen MR) is 81.8 cm³/mol. The number of hydrogen-bond donors (Lipinski definition) is 3. The molecule has 128 valence electrons. The van der Waals surface area contributed by atoms with Crippen molar-refractivity contribution in [1.82, 2.24) is 4.90 Å². The number of aliphatic hydroxyl groups excluding tert-OH is 3. The van der Waals surface area contributed by atoms with Crippen LogP contribution in [0.25, 0.3) is 0 Å². The molecule has 7 heteroatoms. The van der Waals surface area contributed by atoms with Crippen LogP contribution in [0.3, 0.4) is 0 Å². The normalized spacial score (nSPS) is 25.4. The standard InChI is InChI=1S/C16H23NO6/c1-10(18)17-7-13(19)16(21)15(17)14(20)9-23-8-11-3-5-12(22-2)6-4-11/h3-6,13-16,19-21H,7-9H2,1-2H3/t13-,14+,15-,16+/m0/s1. The Balaban J connectivity index is 1.87. The fourth-order valence-electron chi connectivity index (χ4n) is 2.73. The number of carbonyl (C=O) groups excluding carboxylic acids is 1. The third kappa shape index (κ3) is 4.20. The summed E-state index contributed by atoms with van der Waals surface area (Å²) < 4.78 is 10.5. The SMILES string of the molecule is COc1ccc(COC[C@@H](O)[C@H]2[C@H](O)[C@@H](O)CN2C(C)=O)cc1. The van der Waals surface area contributed by atoms with Gasteiger partial charge in [-0.15, -0.1) is 0 Å². The first-order valence-corrected chi connectivity index (χ1v) is 7.46. The Labute approximate surface area is 135 Å². The number of amides is 1. The van der Waals surface area contributed by atoms with E-state index in [1.54, 1.807) is 7.11 Å². The van der Waals surface area contributed by atoms with Gasteiger partial charge in [0, 0.05) is 13.5 Å². The number of β-amino-alcohol motifs (C(OH)–C–C–N with tert-alkyl or cyclic N) is 1. The smallest absolute Gasteiger partial charge is 0.219 e. The number of benzene rings is 1. The summed E-state index contributed by atoms with van der Waals surface area (Å²) in [6.07, 6.45) is -3.32. The first kappa shape index (κ1) is 17.7. The number of nitrogens with zero attached hydrogens (tertiary/aromatic N) is 1. The van der Waals surface area contributed by atoms with Crippen LogP contribution in [0.1, 0.15) is 12.5 Å². The number of ether oxygens (including phenoxy) is 2. The van der Waals surface area contributed by atoms with E-state index in [1.165, 1.54) is 11.8 Å². The molecule has 1 aliphatic heterocycles. The molecule has 1 aliphatic rings. The zero-order valence-corrected chi connectivity index (χ0v) is 13.3. The van der Waals surface area contributed by atoms with E-state index in [-0.39, 0.29) is 25.7 Å². The summed E-state index contributed by atoms with van der Waals surface area (Å²) >= 11 is 0. The van der Waals surface area contributed by atoms with E-state index in [1.807, 2.05) is 24.3 Å². The molecule has 2 rings (SSSR count). The molecule has 1 heterocycles. The van der Waals surface area contributed by atoms with Crippen molar-refractivity contribution in [1.29, 1.82) is 0 Å². The van der Waals surface area contributed by atoms with Crippen LogP contribution >= 0.6 is 0 Å². The molecular formula is C16H23NO6. The van der Waals surface area contributed by atoms with Crippen LogP contribution in [0, 0.1) is 0 Å². The van der Waals surface area contributed by atoms with E-state index in [2.05, 4.69) is 0 Å². The molecule has 7 nitrogen and oxygen atoms in total. The van der Waals surface area contributed by atoms with Crippen LogP contribution in [-0.2, 0) is 16.1 Å². The molecule has 1 saturated heterocycles. The summed E-state index contributed by atoms with van der Waals surface area (Å²) in [5.74, 6) is 0.439. The Morgan fingerprint density at radius 2 is 2.00 bits per heavy atom. The summed E-state index contributed by atoms with van der Waals surface area (Å²) in [5.41, 5.74) is 0.911. The molecule has 0 radical (unpaired) electrons. The van der Waals surface area contributed by atoms with Crippen molar-refractivity contribution in [2.75, 3.05) is 20.3 Å². The lowest BCUT2D eigenvalue weighted by molar-refractivity contribution is -0.134. The number of aliphatic hydroxyl groups is 3. The Morgan fingerprint density at radius 1 is 1.35 bits per heavy atom. The molecule has 0 spiro atoms. The Kier molecular flexibility index (Phi) is 5.95. The van der Waals surface area contributed by atoms with Gasteiger partial charge < -0.3 is 29.7 Å². The van der Waals surface area contributed by atoms with Crippen LogP contribution in [0.4, 0.5) is 0 Å². The van der Waals surface area contributed by atoms with Gasteiger partial charge in [-0.1, -0.05) is 12.1 Å². The van der Waals surface area contributed by atoms with E-state index in [4.69, 9.17) is 9.47 Å². The number of carbonyl (C=O) groups is 1. The summed E-state index contributed by atoms with van der Waals surface area (Å²) in [5, 5.41) is 29.8. The summed E-state index contributed by atoms with van der Waals surface area (Å²) in [6, 6.07) is 6.45. The van der Waals surface area contributed by atoms with Gasteiger partial charge in [-0.2, -0.15) is 0 Å². The van der Waals surface area contributed by atoms with E-state index >= 15 is 0 Å². The van der Waals surface area contributed by atoms with Gasteiger partial charge in [-0.25, -0.2) is 0 Å². The van der Waals surface area contributed by atoms with E-state index in [0.717, 1.165) is 11.3 Å². The van der Waals surface area contributed by atoms with E-state index in [0.29, 0.717) is 0 Å². The molecule has 0 unspecified atom stereocenters. The number of hydrogen-bond acceptors (Lipinski definition) is 6. The highest BCUT2D eigenvalue weighted by Gasteiger charge is 2.45. The molecular weight excluding hydrogens is 302 g/mol. The van der Waals surface area contributed by atoms with Crippen molar-refractivity contribution in [2.45, 2.75) is 37.9 Å². The van der Waals surface area contributed by atoms with Gasteiger partial charge in [0.2, 0.25) is 5.91 Å². The fourth-order valence-corrected chi connectivity index (χ4v) is 2.73. The molecule has 1 fully saturated rings. The summed E-state index contributed by atoms with van der Waals surface area (Å²) in [7, 11) is 1.59. The third-order valence-electron chi connectivity index (χ3n) is 4.00. The van der Waals surface area contributed by atoms with Crippen molar-refractivity contribution < 1.29 is 29.6 Å². The average Bonchev–Trinajstić information content (AvgIpc) is 2.84. The van der Waals surface area contributed by atoms with E-state index in [9.17, 15) is 20.1 Å². The zero-order valence-electron chi connectivity index (χ0n) is 13.3. The minimum absolute atomic E-state index is 0.0106. The second-order valence-electron chi connectivity index (χ2n) is 5.65. The highest BCUT2D eigenvalue weighted by Crippen LogP contribution is 2.22. The quantitative estimate of drug-likeness (QED) is 0.654. The molecule has 0 bridgehead atoms. The first-order valence-electron chi connectivity index (χ1n) is 7.46. The van der Waals surface area contributed by atoms with Gasteiger partial charge in [-0.3, -0.25) is 4.79 Å². The maximum Gasteiger partial charge on any atom is 0.219 e. The lowest BCUT2D eigenvalue weighted by Crippen LogP contribution is -2.48. The molecule has 23 heavy (non-hydrogen) atoms. The van der Waals surface area contributed by atoms with Gasteiger partial charge in [-0.05, 0) is 17.7 Å². The molecule has 0 aliphatic carbocycles. The zero-order chi connectivity index (χ0) is 17.0. The number of methoxy groups -OCH3 is 1. The Bertz CT molecular complexity index is 520. The fraction of sp³-hybridized carbons (Fsp3) is 0.562. The minimum atomic E-state index is -1.18. The van der Waals surface area contributed by atoms with Crippen molar-refractivity contribution in [3.8, 4) is 5.75 Å². The van der Waals surface area contributed by atoms with Crippen molar-refractivity contribution >= 4 is 5.91 Å². The predicted octanol–water partition coefficient (Wildman–Crippen LogP) is -0.475. The Morgan fingerprint density at radius 3 is 2.57 bits per heavy atom. The van der Waals surface area contributed by atoms with Gasteiger partial charge >= 0.3 is 0 Å². The Hall–Kier alpha value is -1.67. The van der Waals surface area contributed by atoms with Crippen LogP contribution in [-0.4, -0.2) is 70.7 Å². The highest BCUT2D eigenvalue weighted by molar-refractivity contribution is 5.74. The topological polar surface area (TPSA) is 99.5 Å². The van der Waals surface area contributed by atoms with Crippen LogP contribution < -0.4 is 4.74 Å². The number of rotatable bonds is 6. The third-order valence-corrected chi connectivity index (χ3v) is 4.00. The second-order valence-corrected chi connectivity index (χ2v) is 5.65. The molecule has 0 saturated carbocycles. The summed E-state index contributed by atoms with van der Waals surface area (Å²) in [4.78, 5) is 12.8. The van der Waals surface area contributed by atoms with Gasteiger partial charge in [0.15, 0.2) is 0 Å².